The van der Waals surface area contributed by atoms with Crippen molar-refractivity contribution in [3.8, 4) is 5.88 Å². The van der Waals surface area contributed by atoms with Crippen LogP contribution in [0.3, 0.4) is 0 Å². The lowest BCUT2D eigenvalue weighted by molar-refractivity contribution is 0.248. The molecule has 1 saturated heterocycles. The molecule has 1 fully saturated rings. The van der Waals surface area contributed by atoms with Gasteiger partial charge in [0.05, 0.1) is 0 Å². The third-order valence-corrected chi connectivity index (χ3v) is 6.59. The maximum Gasteiger partial charge on any atom is 0.227 e. The molecule has 1 aromatic heterocycles. The Bertz CT molecular complexity index is 1120. The molecule has 1 aliphatic carbocycles. The Morgan fingerprint density at radius 1 is 1.12 bits per heavy atom. The summed E-state index contributed by atoms with van der Waals surface area (Å²) in [6.45, 7) is 5.18. The van der Waals surface area contributed by atoms with Crippen LogP contribution in [-0.4, -0.2) is 53.8 Å². The molecule has 1 N–H and O–H groups in total. The highest BCUT2D eigenvalue weighted by molar-refractivity contribution is 6.30. The molecule has 3 heterocycles. The first-order valence-corrected chi connectivity index (χ1v) is 11.9. The van der Waals surface area contributed by atoms with Crippen LogP contribution >= 0.6 is 11.6 Å². The van der Waals surface area contributed by atoms with E-state index in [0.717, 1.165) is 67.3 Å². The number of hydrogen-bond acceptors (Lipinski definition) is 5. The fraction of sp³-hybridized carbons (Fsp3) is 0.296. The highest BCUT2D eigenvalue weighted by atomic mass is 35.5. The quantitative estimate of drug-likeness (QED) is 0.705. The molecule has 6 heteroatoms. The fourth-order valence-corrected chi connectivity index (χ4v) is 4.69. The van der Waals surface area contributed by atoms with E-state index in [0.29, 0.717) is 11.6 Å². The third kappa shape index (κ3) is 5.06. The second-order valence-electron chi connectivity index (χ2n) is 8.53. The van der Waals surface area contributed by atoms with Crippen LogP contribution in [0.25, 0.3) is 5.57 Å². The second-order valence-corrected chi connectivity index (χ2v) is 8.96. The summed E-state index contributed by atoms with van der Waals surface area (Å²) in [6.07, 6.45) is 12.9. The first-order valence-electron chi connectivity index (χ1n) is 11.5. The van der Waals surface area contributed by atoms with Gasteiger partial charge in [-0.3, -0.25) is 0 Å². The Hall–Kier alpha value is -2.86. The lowest BCUT2D eigenvalue weighted by Gasteiger charge is -2.23. The molecular weight excluding hydrogens is 434 g/mol. The van der Waals surface area contributed by atoms with Crippen LogP contribution in [0.15, 0.2) is 84.3 Å². The molecule has 2 aromatic rings. The van der Waals surface area contributed by atoms with E-state index < -0.39 is 6.10 Å². The average Bonchev–Trinajstić information content (AvgIpc) is 3.15. The van der Waals surface area contributed by atoms with Crippen molar-refractivity contribution in [2.45, 2.75) is 18.9 Å². The predicted molar refractivity (Wildman–Crippen MR) is 133 cm³/mol. The molecule has 0 saturated carbocycles. The van der Waals surface area contributed by atoms with Crippen molar-refractivity contribution >= 4 is 22.9 Å². The largest absolute Gasteiger partial charge is 0.438 e. The van der Waals surface area contributed by atoms with E-state index in [1.165, 1.54) is 5.69 Å². The van der Waals surface area contributed by atoms with Crippen LogP contribution in [-0.2, 0) is 0 Å². The van der Waals surface area contributed by atoms with Crippen molar-refractivity contribution in [3.63, 3.8) is 0 Å². The highest BCUT2D eigenvalue weighted by Gasteiger charge is 2.24. The predicted octanol–water partition coefficient (Wildman–Crippen LogP) is 4.85. The van der Waals surface area contributed by atoms with E-state index in [4.69, 9.17) is 16.3 Å². The van der Waals surface area contributed by atoms with Gasteiger partial charge in [0.25, 0.3) is 0 Å². The molecular formula is C27H28ClN3O2. The Morgan fingerprint density at radius 3 is 2.88 bits per heavy atom. The Labute approximate surface area is 200 Å². The number of pyridine rings is 1. The Kier molecular flexibility index (Phi) is 6.63. The van der Waals surface area contributed by atoms with Gasteiger partial charge in [-0.2, -0.15) is 0 Å². The zero-order valence-corrected chi connectivity index (χ0v) is 19.3. The highest BCUT2D eigenvalue weighted by Crippen LogP contribution is 2.35. The maximum atomic E-state index is 10.5. The second kappa shape index (κ2) is 9.96. The van der Waals surface area contributed by atoms with E-state index in [1.807, 2.05) is 42.5 Å². The van der Waals surface area contributed by atoms with Crippen molar-refractivity contribution in [1.29, 1.82) is 0 Å². The van der Waals surface area contributed by atoms with Crippen molar-refractivity contribution in [2.75, 3.05) is 37.6 Å². The molecule has 0 amide bonds. The van der Waals surface area contributed by atoms with Crippen molar-refractivity contribution < 1.29 is 9.84 Å². The summed E-state index contributed by atoms with van der Waals surface area (Å²) < 4.78 is 6.04. The van der Waals surface area contributed by atoms with Gasteiger partial charge in [0, 0.05) is 54.2 Å². The zero-order chi connectivity index (χ0) is 22.6. The summed E-state index contributed by atoms with van der Waals surface area (Å²) in [5, 5.41) is 11.3. The molecule has 170 valence electrons. The number of fused-ring (bicyclic) bond motifs is 2. The summed E-state index contributed by atoms with van der Waals surface area (Å²) >= 11 is 6.05. The van der Waals surface area contributed by atoms with Gasteiger partial charge in [-0.05, 0) is 73.5 Å². The molecule has 0 bridgehead atoms. The van der Waals surface area contributed by atoms with Gasteiger partial charge in [-0.15, -0.1) is 0 Å². The van der Waals surface area contributed by atoms with Gasteiger partial charge >= 0.3 is 0 Å². The molecule has 1 unspecified atom stereocenters. The van der Waals surface area contributed by atoms with E-state index in [-0.39, 0.29) is 0 Å². The third-order valence-electron chi connectivity index (χ3n) is 6.33. The SMILES string of the molecule is OC1C=CC=C2Oc3ncccc3C(=CCCN3CCCN(c4ccc(Cl)cc4)CC3)C=C21. The zero-order valence-electron chi connectivity index (χ0n) is 18.5. The van der Waals surface area contributed by atoms with Gasteiger partial charge in [-0.1, -0.05) is 29.8 Å². The van der Waals surface area contributed by atoms with Gasteiger partial charge < -0.3 is 19.6 Å². The van der Waals surface area contributed by atoms with Crippen molar-refractivity contribution in [2.24, 2.45) is 0 Å². The van der Waals surface area contributed by atoms with Crippen molar-refractivity contribution in [1.82, 2.24) is 9.88 Å². The van der Waals surface area contributed by atoms with E-state index in [1.54, 1.807) is 12.3 Å². The molecule has 33 heavy (non-hydrogen) atoms. The van der Waals surface area contributed by atoms with Gasteiger partial charge in [0.1, 0.15) is 11.9 Å². The lowest BCUT2D eigenvalue weighted by atomic mass is 9.97. The number of aromatic nitrogens is 1. The Balaban J connectivity index is 1.28. The standard InChI is InChI=1S/C27H28ClN3O2/c28-21-9-11-22(12-10-21)31-16-4-15-30(17-18-31)14-3-5-20-19-24-25(32)7-1-8-26(24)33-27-23(20)6-2-13-29-27/h1-2,5-13,19,25,32H,3-4,14-18H2. The summed E-state index contributed by atoms with van der Waals surface area (Å²) in [7, 11) is 0. The summed E-state index contributed by atoms with van der Waals surface area (Å²) in [5.74, 6) is 1.24. The molecule has 0 spiro atoms. The first kappa shape index (κ1) is 22.0. The number of aliphatic hydroxyl groups excluding tert-OH is 1. The number of allylic oxidation sites excluding steroid dienone is 4. The van der Waals surface area contributed by atoms with Crippen LogP contribution in [0.2, 0.25) is 5.02 Å². The molecule has 2 aliphatic heterocycles. The van der Waals surface area contributed by atoms with Crippen LogP contribution in [0.5, 0.6) is 5.88 Å². The topological polar surface area (TPSA) is 48.8 Å². The average molecular weight is 462 g/mol. The van der Waals surface area contributed by atoms with Gasteiger partial charge in [0.15, 0.2) is 0 Å². The lowest BCUT2D eigenvalue weighted by Crippen LogP contribution is -2.31. The van der Waals surface area contributed by atoms with Crippen LogP contribution in [0.4, 0.5) is 5.69 Å². The molecule has 1 atom stereocenters. The fourth-order valence-electron chi connectivity index (χ4n) is 4.56. The van der Waals surface area contributed by atoms with Crippen LogP contribution in [0, 0.1) is 0 Å². The summed E-state index contributed by atoms with van der Waals surface area (Å²) in [6, 6.07) is 12.1. The van der Waals surface area contributed by atoms with Crippen molar-refractivity contribution in [3.05, 3.63) is 94.9 Å². The number of halogens is 1. The summed E-state index contributed by atoms with van der Waals surface area (Å²) in [5.41, 5.74) is 4.01. The minimum atomic E-state index is -0.674. The number of rotatable bonds is 4. The number of hydrogen-bond donors (Lipinski definition) is 1. The molecule has 3 aliphatic rings. The molecule has 1 aromatic carbocycles. The number of anilines is 1. The van der Waals surface area contributed by atoms with Crippen LogP contribution < -0.4 is 9.64 Å². The van der Waals surface area contributed by atoms with Crippen LogP contribution in [0.1, 0.15) is 18.4 Å². The van der Waals surface area contributed by atoms with E-state index >= 15 is 0 Å². The minimum absolute atomic E-state index is 0.581. The number of aliphatic hydroxyl groups is 1. The Morgan fingerprint density at radius 2 is 2.00 bits per heavy atom. The van der Waals surface area contributed by atoms with Gasteiger partial charge in [0.2, 0.25) is 5.88 Å². The molecule has 5 nitrogen and oxygen atoms in total. The summed E-state index contributed by atoms with van der Waals surface area (Å²) in [4.78, 5) is 9.40. The van der Waals surface area contributed by atoms with E-state index in [2.05, 4.69) is 33.0 Å². The smallest absolute Gasteiger partial charge is 0.227 e. The normalized spacial score (nSPS) is 21.9. The maximum absolute atomic E-state index is 10.5. The number of benzene rings is 1. The molecule has 5 rings (SSSR count). The number of ether oxygens (including phenoxy) is 1. The monoisotopic (exact) mass is 461 g/mol. The number of nitrogens with zero attached hydrogens (tertiary/aromatic N) is 3. The first-order chi connectivity index (χ1) is 16.2. The van der Waals surface area contributed by atoms with Gasteiger partial charge in [-0.25, -0.2) is 4.98 Å². The minimum Gasteiger partial charge on any atom is -0.438 e. The van der Waals surface area contributed by atoms with E-state index in [9.17, 15) is 5.11 Å². The molecule has 0 radical (unpaired) electrons.